The van der Waals surface area contributed by atoms with Gasteiger partial charge in [-0.25, -0.2) is 9.59 Å². The number of ether oxygens (including phenoxy) is 2. The zero-order valence-corrected chi connectivity index (χ0v) is 12.0. The maximum absolute atomic E-state index is 12.0. The predicted molar refractivity (Wildman–Crippen MR) is 78.5 cm³/mol. The Hall–Kier alpha value is -2.62. The van der Waals surface area contributed by atoms with Crippen LogP contribution >= 0.6 is 0 Å². The van der Waals surface area contributed by atoms with Crippen LogP contribution in [0.15, 0.2) is 48.5 Å². The molecule has 2 rings (SSSR count). The molecule has 21 heavy (non-hydrogen) atoms. The summed E-state index contributed by atoms with van der Waals surface area (Å²) in [6.45, 7) is 3.93. The van der Waals surface area contributed by atoms with Crippen LogP contribution in [0.2, 0.25) is 0 Å². The number of esters is 2. The van der Waals surface area contributed by atoms with Crippen molar-refractivity contribution in [2.75, 3.05) is 6.61 Å². The number of rotatable bonds is 4. The second-order valence-corrected chi connectivity index (χ2v) is 4.51. The normalized spacial score (nSPS) is 10.0. The van der Waals surface area contributed by atoms with Gasteiger partial charge in [0.1, 0.15) is 5.75 Å². The first-order valence-corrected chi connectivity index (χ1v) is 6.66. The summed E-state index contributed by atoms with van der Waals surface area (Å²) in [6.07, 6.45) is 0. The van der Waals surface area contributed by atoms with Crippen LogP contribution in [-0.4, -0.2) is 18.5 Å². The average Bonchev–Trinajstić information content (AvgIpc) is 2.48. The molecular weight excluding hydrogens is 268 g/mol. The summed E-state index contributed by atoms with van der Waals surface area (Å²) in [5.74, 6) is -0.585. The summed E-state index contributed by atoms with van der Waals surface area (Å²) in [5, 5.41) is 0. The van der Waals surface area contributed by atoms with Crippen LogP contribution in [0.1, 0.15) is 33.2 Å². The van der Waals surface area contributed by atoms with Crippen LogP contribution in [0.25, 0.3) is 0 Å². The van der Waals surface area contributed by atoms with E-state index in [-0.39, 0.29) is 0 Å². The maximum Gasteiger partial charge on any atom is 0.343 e. The molecule has 2 aromatic rings. The van der Waals surface area contributed by atoms with Crippen molar-refractivity contribution in [2.45, 2.75) is 13.8 Å². The minimum atomic E-state index is -0.459. The molecular formula is C17H16O4. The molecule has 0 N–H and O–H groups in total. The minimum absolute atomic E-state index is 0.298. The maximum atomic E-state index is 12.0. The SMILES string of the molecule is CCOC(=O)c1cccc(OC(=O)c2cccc(C)c2)c1. The lowest BCUT2D eigenvalue weighted by molar-refractivity contribution is 0.0524. The Morgan fingerprint density at radius 1 is 0.952 bits per heavy atom. The topological polar surface area (TPSA) is 52.6 Å². The van der Waals surface area contributed by atoms with Gasteiger partial charge in [0.2, 0.25) is 0 Å². The molecule has 0 radical (unpaired) electrons. The van der Waals surface area contributed by atoms with E-state index in [1.54, 1.807) is 43.3 Å². The Labute approximate surface area is 123 Å². The van der Waals surface area contributed by atoms with Gasteiger partial charge in [0, 0.05) is 0 Å². The van der Waals surface area contributed by atoms with Crippen LogP contribution in [0.5, 0.6) is 5.75 Å². The van der Waals surface area contributed by atoms with Crippen molar-refractivity contribution < 1.29 is 19.1 Å². The van der Waals surface area contributed by atoms with Crippen molar-refractivity contribution in [2.24, 2.45) is 0 Å². The first-order chi connectivity index (χ1) is 10.1. The Balaban J connectivity index is 2.14. The highest BCUT2D eigenvalue weighted by molar-refractivity contribution is 5.92. The third-order valence-electron chi connectivity index (χ3n) is 2.81. The molecule has 0 aromatic heterocycles. The zero-order chi connectivity index (χ0) is 15.2. The molecule has 0 amide bonds. The van der Waals surface area contributed by atoms with E-state index in [1.165, 1.54) is 6.07 Å². The summed E-state index contributed by atoms with van der Waals surface area (Å²) in [5.41, 5.74) is 1.80. The first kappa shape index (κ1) is 14.8. The fraction of sp³-hybridized carbons (Fsp3) is 0.176. The van der Waals surface area contributed by atoms with Gasteiger partial charge >= 0.3 is 11.9 Å². The molecule has 0 aliphatic rings. The molecule has 0 bridgehead atoms. The fourth-order valence-electron chi connectivity index (χ4n) is 1.84. The quantitative estimate of drug-likeness (QED) is 0.638. The monoisotopic (exact) mass is 284 g/mol. The Bertz CT molecular complexity index is 661. The standard InChI is InChI=1S/C17H16O4/c1-3-20-16(18)14-8-5-9-15(11-14)21-17(19)13-7-4-6-12(2)10-13/h4-11H,3H2,1-2H3. The highest BCUT2D eigenvalue weighted by Crippen LogP contribution is 2.16. The largest absolute Gasteiger partial charge is 0.462 e. The second-order valence-electron chi connectivity index (χ2n) is 4.51. The van der Waals surface area contributed by atoms with Gasteiger partial charge in [-0.3, -0.25) is 0 Å². The summed E-state index contributed by atoms with van der Waals surface area (Å²) in [4.78, 5) is 23.7. The third kappa shape index (κ3) is 3.92. The summed E-state index contributed by atoms with van der Waals surface area (Å²) >= 11 is 0. The minimum Gasteiger partial charge on any atom is -0.462 e. The number of carbonyl (C=O) groups is 2. The van der Waals surface area contributed by atoms with Gasteiger partial charge in [-0.2, -0.15) is 0 Å². The number of hydrogen-bond acceptors (Lipinski definition) is 4. The highest BCUT2D eigenvalue weighted by Gasteiger charge is 2.11. The Morgan fingerprint density at radius 3 is 2.29 bits per heavy atom. The van der Waals surface area contributed by atoms with E-state index in [1.807, 2.05) is 13.0 Å². The second kappa shape index (κ2) is 6.70. The molecule has 0 atom stereocenters. The van der Waals surface area contributed by atoms with Crippen molar-refractivity contribution >= 4 is 11.9 Å². The van der Waals surface area contributed by atoms with E-state index in [4.69, 9.17) is 9.47 Å². The van der Waals surface area contributed by atoms with Crippen LogP contribution < -0.4 is 4.74 Å². The zero-order valence-electron chi connectivity index (χ0n) is 12.0. The molecule has 0 saturated carbocycles. The van der Waals surface area contributed by atoms with Gasteiger partial charge in [0.25, 0.3) is 0 Å². The van der Waals surface area contributed by atoms with Crippen LogP contribution in [0.4, 0.5) is 0 Å². The van der Waals surface area contributed by atoms with Crippen LogP contribution in [0, 0.1) is 6.92 Å². The van der Waals surface area contributed by atoms with E-state index in [0.717, 1.165) is 5.56 Å². The smallest absolute Gasteiger partial charge is 0.343 e. The van der Waals surface area contributed by atoms with Crippen molar-refractivity contribution in [1.82, 2.24) is 0 Å². The van der Waals surface area contributed by atoms with Gasteiger partial charge < -0.3 is 9.47 Å². The lowest BCUT2D eigenvalue weighted by Crippen LogP contribution is -2.10. The molecule has 0 spiro atoms. The number of aryl methyl sites for hydroxylation is 1. The van der Waals surface area contributed by atoms with Gasteiger partial charge in [0.15, 0.2) is 0 Å². The molecule has 2 aromatic carbocycles. The molecule has 0 aliphatic heterocycles. The highest BCUT2D eigenvalue weighted by atomic mass is 16.5. The molecule has 0 unspecified atom stereocenters. The van der Waals surface area contributed by atoms with E-state index < -0.39 is 11.9 Å². The molecule has 0 heterocycles. The lowest BCUT2D eigenvalue weighted by atomic mass is 10.1. The van der Waals surface area contributed by atoms with E-state index >= 15 is 0 Å². The average molecular weight is 284 g/mol. The summed E-state index contributed by atoms with van der Waals surface area (Å²) in [7, 11) is 0. The number of benzene rings is 2. The Kier molecular flexibility index (Phi) is 4.72. The van der Waals surface area contributed by atoms with Crippen LogP contribution in [-0.2, 0) is 4.74 Å². The van der Waals surface area contributed by atoms with Crippen molar-refractivity contribution in [3.63, 3.8) is 0 Å². The first-order valence-electron chi connectivity index (χ1n) is 6.66. The van der Waals surface area contributed by atoms with E-state index in [0.29, 0.717) is 23.5 Å². The summed E-state index contributed by atoms with van der Waals surface area (Å²) in [6, 6.07) is 13.5. The van der Waals surface area contributed by atoms with E-state index in [9.17, 15) is 9.59 Å². The van der Waals surface area contributed by atoms with Crippen molar-refractivity contribution in [3.8, 4) is 5.75 Å². The molecule has 0 aliphatic carbocycles. The summed E-state index contributed by atoms with van der Waals surface area (Å²) < 4.78 is 10.2. The van der Waals surface area contributed by atoms with Gasteiger partial charge in [-0.05, 0) is 44.2 Å². The van der Waals surface area contributed by atoms with Crippen molar-refractivity contribution in [3.05, 3.63) is 65.2 Å². The molecule has 4 heteroatoms. The Morgan fingerprint density at radius 2 is 1.62 bits per heavy atom. The lowest BCUT2D eigenvalue weighted by Gasteiger charge is -2.07. The molecule has 0 fully saturated rings. The van der Waals surface area contributed by atoms with Gasteiger partial charge in [0.05, 0.1) is 17.7 Å². The molecule has 108 valence electrons. The molecule has 4 nitrogen and oxygen atoms in total. The van der Waals surface area contributed by atoms with E-state index in [2.05, 4.69) is 0 Å². The van der Waals surface area contributed by atoms with Crippen LogP contribution in [0.3, 0.4) is 0 Å². The number of carbonyl (C=O) groups excluding carboxylic acids is 2. The predicted octanol–water partition coefficient (Wildman–Crippen LogP) is 3.39. The third-order valence-corrected chi connectivity index (χ3v) is 2.81. The van der Waals surface area contributed by atoms with Crippen molar-refractivity contribution in [1.29, 1.82) is 0 Å². The van der Waals surface area contributed by atoms with Gasteiger partial charge in [-0.1, -0.05) is 23.8 Å². The number of hydrogen-bond donors (Lipinski definition) is 0. The van der Waals surface area contributed by atoms with Gasteiger partial charge in [-0.15, -0.1) is 0 Å². The molecule has 0 saturated heterocycles. The fourth-order valence-corrected chi connectivity index (χ4v) is 1.84.